The maximum absolute atomic E-state index is 12.2. The van der Waals surface area contributed by atoms with Crippen LogP contribution in [0.4, 0.5) is 0 Å². The second-order valence-corrected chi connectivity index (χ2v) is 7.10. The number of oxazole rings is 1. The first-order valence-electron chi connectivity index (χ1n) is 10.2. The minimum atomic E-state index is -0.360. The standard InChI is InChI=1S/C22H33N3O2/c1-2-3-4-5-6-7-8-12-15-24-21(26)20-17-27-22(25-20)19(23)16-18-13-10-9-11-14-18/h9-11,13-14,17,19H,2-8,12,15-16,23H2,1H3,(H,24,26). The third kappa shape index (κ3) is 7.95. The SMILES string of the molecule is CCCCCCCCCCNC(=O)c1coc(C(N)Cc2ccccc2)n1. The third-order valence-electron chi connectivity index (χ3n) is 4.69. The molecule has 1 heterocycles. The van der Waals surface area contributed by atoms with Crippen molar-refractivity contribution in [3.05, 3.63) is 53.7 Å². The molecule has 1 atom stereocenters. The first-order chi connectivity index (χ1) is 13.2. The average Bonchev–Trinajstić information content (AvgIpc) is 3.18. The van der Waals surface area contributed by atoms with Crippen molar-refractivity contribution < 1.29 is 9.21 Å². The van der Waals surface area contributed by atoms with Crippen LogP contribution in [0.2, 0.25) is 0 Å². The monoisotopic (exact) mass is 371 g/mol. The second kappa shape index (κ2) is 12.3. The number of hydrogen-bond acceptors (Lipinski definition) is 4. The van der Waals surface area contributed by atoms with Gasteiger partial charge < -0.3 is 15.5 Å². The van der Waals surface area contributed by atoms with E-state index in [0.29, 0.717) is 24.6 Å². The topological polar surface area (TPSA) is 81.2 Å². The molecular weight excluding hydrogens is 338 g/mol. The number of rotatable bonds is 13. The maximum atomic E-state index is 12.2. The van der Waals surface area contributed by atoms with Gasteiger partial charge in [-0.1, -0.05) is 82.2 Å². The van der Waals surface area contributed by atoms with E-state index < -0.39 is 0 Å². The van der Waals surface area contributed by atoms with E-state index >= 15 is 0 Å². The molecule has 0 aliphatic heterocycles. The first kappa shape index (κ1) is 21.2. The molecule has 2 rings (SSSR count). The number of nitrogens with two attached hydrogens (primary N) is 1. The Morgan fingerprint density at radius 3 is 2.44 bits per heavy atom. The van der Waals surface area contributed by atoms with Crippen molar-refractivity contribution >= 4 is 5.91 Å². The van der Waals surface area contributed by atoms with Gasteiger partial charge in [0.25, 0.3) is 5.91 Å². The van der Waals surface area contributed by atoms with E-state index in [1.807, 2.05) is 30.3 Å². The normalized spacial score (nSPS) is 12.1. The van der Waals surface area contributed by atoms with Gasteiger partial charge in [-0.3, -0.25) is 4.79 Å². The van der Waals surface area contributed by atoms with E-state index in [9.17, 15) is 4.79 Å². The van der Waals surface area contributed by atoms with Crippen LogP contribution >= 0.6 is 0 Å². The van der Waals surface area contributed by atoms with Crippen molar-refractivity contribution in [3.8, 4) is 0 Å². The van der Waals surface area contributed by atoms with Crippen LogP contribution < -0.4 is 11.1 Å². The lowest BCUT2D eigenvalue weighted by atomic mass is 10.1. The number of carbonyl (C=O) groups excluding carboxylic acids is 1. The summed E-state index contributed by atoms with van der Waals surface area (Å²) in [6, 6.07) is 9.58. The lowest BCUT2D eigenvalue weighted by Crippen LogP contribution is -2.25. The van der Waals surface area contributed by atoms with Crippen molar-refractivity contribution in [2.45, 2.75) is 70.8 Å². The Labute approximate surface area is 162 Å². The number of aromatic nitrogens is 1. The third-order valence-corrected chi connectivity index (χ3v) is 4.69. The molecule has 0 saturated heterocycles. The number of nitrogens with zero attached hydrogens (tertiary/aromatic N) is 1. The quantitative estimate of drug-likeness (QED) is 0.496. The van der Waals surface area contributed by atoms with Crippen LogP contribution in [0.25, 0.3) is 0 Å². The van der Waals surface area contributed by atoms with Crippen molar-refractivity contribution in [1.82, 2.24) is 10.3 Å². The minimum Gasteiger partial charge on any atom is -0.446 e. The van der Waals surface area contributed by atoms with Gasteiger partial charge in [-0.2, -0.15) is 0 Å². The summed E-state index contributed by atoms with van der Waals surface area (Å²) in [4.78, 5) is 16.4. The molecule has 0 bridgehead atoms. The van der Waals surface area contributed by atoms with Crippen molar-refractivity contribution in [3.63, 3.8) is 0 Å². The summed E-state index contributed by atoms with van der Waals surface area (Å²) in [6.07, 6.45) is 12.0. The molecule has 0 fully saturated rings. The molecule has 3 N–H and O–H groups in total. The van der Waals surface area contributed by atoms with Crippen molar-refractivity contribution in [2.24, 2.45) is 5.73 Å². The van der Waals surface area contributed by atoms with E-state index in [1.54, 1.807) is 0 Å². The highest BCUT2D eigenvalue weighted by Crippen LogP contribution is 2.15. The van der Waals surface area contributed by atoms with Gasteiger partial charge in [-0.25, -0.2) is 4.98 Å². The average molecular weight is 372 g/mol. The Bertz CT molecular complexity index is 655. The predicted molar refractivity (Wildman–Crippen MR) is 109 cm³/mol. The van der Waals surface area contributed by atoms with Crippen molar-refractivity contribution in [2.75, 3.05) is 6.54 Å². The molecule has 1 amide bonds. The molecule has 5 nitrogen and oxygen atoms in total. The summed E-state index contributed by atoms with van der Waals surface area (Å²) >= 11 is 0. The fourth-order valence-electron chi connectivity index (χ4n) is 3.07. The first-order valence-corrected chi connectivity index (χ1v) is 10.2. The Morgan fingerprint density at radius 2 is 1.74 bits per heavy atom. The molecule has 0 aliphatic rings. The molecule has 0 radical (unpaired) electrons. The highest BCUT2D eigenvalue weighted by Gasteiger charge is 2.17. The molecule has 1 aromatic carbocycles. The van der Waals surface area contributed by atoms with E-state index in [2.05, 4.69) is 17.2 Å². The zero-order chi connectivity index (χ0) is 19.3. The van der Waals surface area contributed by atoms with E-state index in [0.717, 1.165) is 18.4 Å². The molecule has 1 unspecified atom stereocenters. The molecule has 5 heteroatoms. The number of benzene rings is 1. The number of nitrogens with one attached hydrogen (secondary N) is 1. The molecule has 1 aromatic heterocycles. The fraction of sp³-hybridized carbons (Fsp3) is 0.545. The van der Waals surface area contributed by atoms with E-state index in [1.165, 1.54) is 44.8 Å². The van der Waals surface area contributed by atoms with Gasteiger partial charge in [0.05, 0.1) is 6.04 Å². The lowest BCUT2D eigenvalue weighted by Gasteiger charge is -2.07. The Morgan fingerprint density at radius 1 is 1.07 bits per heavy atom. The van der Waals surface area contributed by atoms with Gasteiger partial charge in [0.1, 0.15) is 6.26 Å². The summed E-state index contributed by atoms with van der Waals surface area (Å²) < 4.78 is 5.41. The van der Waals surface area contributed by atoms with Crippen LogP contribution in [0, 0.1) is 0 Å². The largest absolute Gasteiger partial charge is 0.446 e. The predicted octanol–water partition coefficient (Wildman–Crippen LogP) is 4.79. The summed E-state index contributed by atoms with van der Waals surface area (Å²) in [5.41, 5.74) is 7.56. The van der Waals surface area contributed by atoms with Gasteiger partial charge in [-0.15, -0.1) is 0 Å². The molecule has 0 aliphatic carbocycles. The number of unbranched alkanes of at least 4 members (excludes halogenated alkanes) is 7. The maximum Gasteiger partial charge on any atom is 0.273 e. The van der Waals surface area contributed by atoms with E-state index in [-0.39, 0.29) is 11.9 Å². The van der Waals surface area contributed by atoms with E-state index in [4.69, 9.17) is 10.2 Å². The summed E-state index contributed by atoms with van der Waals surface area (Å²) in [5, 5.41) is 2.91. The van der Waals surface area contributed by atoms with Gasteiger partial charge in [-0.05, 0) is 18.4 Å². The number of hydrogen-bond donors (Lipinski definition) is 2. The summed E-state index contributed by atoms with van der Waals surface area (Å²) in [6.45, 7) is 2.91. The second-order valence-electron chi connectivity index (χ2n) is 7.10. The van der Waals surface area contributed by atoms with Crippen LogP contribution in [0.15, 0.2) is 41.0 Å². The van der Waals surface area contributed by atoms with Crippen molar-refractivity contribution in [1.29, 1.82) is 0 Å². The summed E-state index contributed by atoms with van der Waals surface area (Å²) in [7, 11) is 0. The highest BCUT2D eigenvalue weighted by molar-refractivity contribution is 5.91. The zero-order valence-corrected chi connectivity index (χ0v) is 16.5. The highest BCUT2D eigenvalue weighted by atomic mass is 16.3. The van der Waals surface area contributed by atoms with Crippen LogP contribution in [-0.2, 0) is 6.42 Å². The fourth-order valence-corrected chi connectivity index (χ4v) is 3.07. The molecule has 0 saturated carbocycles. The number of carbonyl (C=O) groups is 1. The molecule has 27 heavy (non-hydrogen) atoms. The molecule has 148 valence electrons. The smallest absolute Gasteiger partial charge is 0.273 e. The summed E-state index contributed by atoms with van der Waals surface area (Å²) in [5.74, 6) is 0.205. The van der Waals surface area contributed by atoms with Crippen LogP contribution in [0.1, 0.15) is 86.3 Å². The van der Waals surface area contributed by atoms with Crippen LogP contribution in [0.5, 0.6) is 0 Å². The minimum absolute atomic E-state index is 0.195. The van der Waals surface area contributed by atoms with Crippen LogP contribution in [-0.4, -0.2) is 17.4 Å². The lowest BCUT2D eigenvalue weighted by molar-refractivity contribution is 0.0948. The van der Waals surface area contributed by atoms with Crippen LogP contribution in [0.3, 0.4) is 0 Å². The molecular formula is C22H33N3O2. The Balaban J connectivity index is 1.64. The van der Waals surface area contributed by atoms with Gasteiger partial charge in [0, 0.05) is 6.54 Å². The number of amides is 1. The van der Waals surface area contributed by atoms with Gasteiger partial charge >= 0.3 is 0 Å². The van der Waals surface area contributed by atoms with Gasteiger partial charge in [0.15, 0.2) is 5.69 Å². The molecule has 0 spiro atoms. The zero-order valence-electron chi connectivity index (χ0n) is 16.5. The Kier molecular flexibility index (Phi) is 9.63. The Hall–Kier alpha value is -2.14. The van der Waals surface area contributed by atoms with Gasteiger partial charge in [0.2, 0.25) is 5.89 Å². The molecule has 2 aromatic rings.